The second-order valence-corrected chi connectivity index (χ2v) is 7.78. The fourth-order valence-corrected chi connectivity index (χ4v) is 4.24. The predicted octanol–water partition coefficient (Wildman–Crippen LogP) is 0.941. The van der Waals surface area contributed by atoms with E-state index in [4.69, 9.17) is 9.47 Å². The number of ether oxygens (including phenoxy) is 2. The molecule has 1 atom stereocenters. The molecule has 0 amide bonds. The highest BCUT2D eigenvalue weighted by molar-refractivity contribution is 7.91. The Morgan fingerprint density at radius 3 is 3.00 bits per heavy atom. The Kier molecular flexibility index (Phi) is 6.59. The standard InChI is InChI=1S/C13H22N2O4S2/c1-2-3-14-7-11-6-13(20-10-11)21(16,17)15-8-12-9-18-4-5-19-12/h6,10,12,14-15H,2-5,7-9H2,1H3. The molecule has 1 unspecified atom stereocenters. The Morgan fingerprint density at radius 2 is 2.29 bits per heavy atom. The van der Waals surface area contributed by atoms with Gasteiger partial charge in [-0.1, -0.05) is 6.92 Å². The molecule has 0 spiro atoms. The van der Waals surface area contributed by atoms with Crippen LogP contribution in [0.15, 0.2) is 15.7 Å². The van der Waals surface area contributed by atoms with Crippen LogP contribution in [0.4, 0.5) is 0 Å². The van der Waals surface area contributed by atoms with Crippen molar-refractivity contribution >= 4 is 21.4 Å². The van der Waals surface area contributed by atoms with Gasteiger partial charge in [0.15, 0.2) is 0 Å². The number of hydrogen-bond acceptors (Lipinski definition) is 6. The molecule has 1 saturated heterocycles. The maximum Gasteiger partial charge on any atom is 0.250 e. The second-order valence-electron chi connectivity index (χ2n) is 4.87. The molecule has 6 nitrogen and oxygen atoms in total. The molecule has 1 aliphatic heterocycles. The van der Waals surface area contributed by atoms with Gasteiger partial charge in [0.1, 0.15) is 4.21 Å². The van der Waals surface area contributed by atoms with E-state index in [2.05, 4.69) is 17.0 Å². The molecule has 21 heavy (non-hydrogen) atoms. The van der Waals surface area contributed by atoms with Gasteiger partial charge in [0.05, 0.1) is 25.9 Å². The summed E-state index contributed by atoms with van der Waals surface area (Å²) in [6.07, 6.45) is 0.847. The zero-order chi connectivity index (χ0) is 15.1. The van der Waals surface area contributed by atoms with E-state index >= 15 is 0 Å². The van der Waals surface area contributed by atoms with Crippen molar-refractivity contribution in [2.24, 2.45) is 0 Å². The summed E-state index contributed by atoms with van der Waals surface area (Å²) in [5, 5.41) is 5.13. The predicted molar refractivity (Wildman–Crippen MR) is 82.1 cm³/mol. The SMILES string of the molecule is CCCNCc1csc(S(=O)(=O)NCC2COCCO2)c1. The van der Waals surface area contributed by atoms with Crippen molar-refractivity contribution in [3.63, 3.8) is 0 Å². The smallest absolute Gasteiger partial charge is 0.250 e. The van der Waals surface area contributed by atoms with E-state index in [9.17, 15) is 8.42 Å². The van der Waals surface area contributed by atoms with Crippen LogP contribution in [0.2, 0.25) is 0 Å². The summed E-state index contributed by atoms with van der Waals surface area (Å²) in [5.41, 5.74) is 0.992. The summed E-state index contributed by atoms with van der Waals surface area (Å²) in [7, 11) is -3.46. The van der Waals surface area contributed by atoms with Gasteiger partial charge in [-0.15, -0.1) is 11.3 Å². The monoisotopic (exact) mass is 334 g/mol. The highest BCUT2D eigenvalue weighted by Crippen LogP contribution is 2.20. The summed E-state index contributed by atoms with van der Waals surface area (Å²) >= 11 is 1.24. The van der Waals surface area contributed by atoms with Crippen LogP contribution in [0.1, 0.15) is 18.9 Å². The Morgan fingerprint density at radius 1 is 1.43 bits per heavy atom. The Hall–Kier alpha value is -0.510. The quantitative estimate of drug-likeness (QED) is 0.692. The highest BCUT2D eigenvalue weighted by atomic mass is 32.2. The van der Waals surface area contributed by atoms with Gasteiger partial charge in [-0.05, 0) is 30.0 Å². The Balaban J connectivity index is 1.86. The maximum absolute atomic E-state index is 12.2. The van der Waals surface area contributed by atoms with Crippen molar-refractivity contribution in [2.75, 3.05) is 32.9 Å². The van der Waals surface area contributed by atoms with E-state index in [0.29, 0.717) is 30.6 Å². The third-order valence-corrected chi connectivity index (χ3v) is 5.95. The molecule has 120 valence electrons. The summed E-state index contributed by atoms with van der Waals surface area (Å²) in [6.45, 7) is 5.47. The molecular weight excluding hydrogens is 312 g/mol. The van der Waals surface area contributed by atoms with Crippen molar-refractivity contribution < 1.29 is 17.9 Å². The van der Waals surface area contributed by atoms with Gasteiger partial charge in [0.2, 0.25) is 10.0 Å². The third-order valence-electron chi connectivity index (χ3n) is 3.04. The molecule has 2 heterocycles. The first-order valence-electron chi connectivity index (χ1n) is 7.09. The van der Waals surface area contributed by atoms with E-state index < -0.39 is 10.0 Å². The van der Waals surface area contributed by atoms with Crippen molar-refractivity contribution in [1.82, 2.24) is 10.0 Å². The van der Waals surface area contributed by atoms with Gasteiger partial charge < -0.3 is 14.8 Å². The lowest BCUT2D eigenvalue weighted by atomic mass is 10.3. The molecular formula is C13H22N2O4S2. The Labute approximate surface area is 129 Å². The molecule has 1 aromatic rings. The fourth-order valence-electron chi connectivity index (χ4n) is 1.92. The lowest BCUT2D eigenvalue weighted by Crippen LogP contribution is -2.39. The molecule has 0 radical (unpaired) electrons. The number of rotatable bonds is 8. The Bertz CT molecular complexity index is 524. The molecule has 1 aromatic heterocycles. The topological polar surface area (TPSA) is 76.7 Å². The summed E-state index contributed by atoms with van der Waals surface area (Å²) in [6, 6.07) is 1.72. The van der Waals surface area contributed by atoms with Crippen molar-refractivity contribution in [1.29, 1.82) is 0 Å². The fraction of sp³-hybridized carbons (Fsp3) is 0.692. The average Bonchev–Trinajstić information content (AvgIpc) is 2.96. The van der Waals surface area contributed by atoms with Gasteiger partial charge in [-0.3, -0.25) is 0 Å². The number of thiophene rings is 1. The minimum atomic E-state index is -3.46. The van der Waals surface area contributed by atoms with Crippen LogP contribution in [-0.2, 0) is 26.0 Å². The molecule has 8 heteroatoms. The highest BCUT2D eigenvalue weighted by Gasteiger charge is 2.21. The molecule has 0 aromatic carbocycles. The van der Waals surface area contributed by atoms with Crippen LogP contribution < -0.4 is 10.0 Å². The zero-order valence-electron chi connectivity index (χ0n) is 12.1. The molecule has 1 fully saturated rings. The van der Waals surface area contributed by atoms with Crippen molar-refractivity contribution in [3.8, 4) is 0 Å². The van der Waals surface area contributed by atoms with E-state index in [1.807, 2.05) is 5.38 Å². The van der Waals surface area contributed by atoms with E-state index in [-0.39, 0.29) is 12.6 Å². The van der Waals surface area contributed by atoms with Crippen LogP contribution in [0.3, 0.4) is 0 Å². The number of sulfonamides is 1. The van der Waals surface area contributed by atoms with Crippen LogP contribution in [0, 0.1) is 0 Å². The lowest BCUT2D eigenvalue weighted by Gasteiger charge is -2.22. The largest absolute Gasteiger partial charge is 0.376 e. The molecule has 2 N–H and O–H groups in total. The molecule has 1 aliphatic rings. The minimum absolute atomic E-state index is 0.209. The van der Waals surface area contributed by atoms with Crippen LogP contribution in [0.5, 0.6) is 0 Å². The second kappa shape index (κ2) is 8.21. The van der Waals surface area contributed by atoms with Crippen LogP contribution in [0.25, 0.3) is 0 Å². The summed E-state index contributed by atoms with van der Waals surface area (Å²) in [5.74, 6) is 0. The first kappa shape index (κ1) is 16.9. The summed E-state index contributed by atoms with van der Waals surface area (Å²) in [4.78, 5) is 0. The first-order valence-corrected chi connectivity index (χ1v) is 9.45. The van der Waals surface area contributed by atoms with E-state index in [1.54, 1.807) is 6.07 Å². The molecule has 0 bridgehead atoms. The molecule has 0 saturated carbocycles. The van der Waals surface area contributed by atoms with Gasteiger partial charge in [-0.2, -0.15) is 0 Å². The van der Waals surface area contributed by atoms with Gasteiger partial charge in [0.25, 0.3) is 0 Å². The van der Waals surface area contributed by atoms with Gasteiger partial charge in [0, 0.05) is 13.1 Å². The van der Waals surface area contributed by atoms with E-state index in [1.165, 1.54) is 11.3 Å². The van der Waals surface area contributed by atoms with Crippen molar-refractivity contribution in [3.05, 3.63) is 17.0 Å². The lowest BCUT2D eigenvalue weighted by molar-refractivity contribution is -0.0846. The molecule has 2 rings (SSSR count). The molecule has 0 aliphatic carbocycles. The number of nitrogens with one attached hydrogen (secondary N) is 2. The normalized spacial score (nSPS) is 19.8. The number of hydrogen-bond donors (Lipinski definition) is 2. The maximum atomic E-state index is 12.2. The first-order chi connectivity index (χ1) is 10.1. The van der Waals surface area contributed by atoms with Crippen LogP contribution in [-0.4, -0.2) is 47.4 Å². The minimum Gasteiger partial charge on any atom is -0.376 e. The van der Waals surface area contributed by atoms with Crippen LogP contribution >= 0.6 is 11.3 Å². The van der Waals surface area contributed by atoms with E-state index in [0.717, 1.165) is 18.5 Å². The average molecular weight is 334 g/mol. The van der Waals surface area contributed by atoms with Crippen molar-refractivity contribution in [2.45, 2.75) is 30.2 Å². The van der Waals surface area contributed by atoms with Gasteiger partial charge >= 0.3 is 0 Å². The van der Waals surface area contributed by atoms with Gasteiger partial charge in [-0.25, -0.2) is 13.1 Å². The third kappa shape index (κ3) is 5.32. The summed E-state index contributed by atoms with van der Waals surface area (Å²) < 4.78 is 38.0. The zero-order valence-corrected chi connectivity index (χ0v) is 13.8.